The molecule has 0 spiro atoms. The Labute approximate surface area is 144 Å². The minimum atomic E-state index is -0.590. The number of carbonyl (C=O) groups excluding carboxylic acids is 2. The zero-order valence-corrected chi connectivity index (χ0v) is 13.8. The molecule has 2 heterocycles. The first kappa shape index (κ1) is 16.8. The van der Waals surface area contributed by atoms with Gasteiger partial charge in [0, 0.05) is 33.1 Å². The molecule has 7 nitrogen and oxygen atoms in total. The Morgan fingerprint density at radius 2 is 1.76 bits per heavy atom. The Bertz CT molecular complexity index is 773. The number of rotatable bonds is 3. The van der Waals surface area contributed by atoms with Gasteiger partial charge >= 0.3 is 0 Å². The van der Waals surface area contributed by atoms with E-state index in [2.05, 4.69) is 15.5 Å². The van der Waals surface area contributed by atoms with Crippen molar-refractivity contribution in [3.63, 3.8) is 0 Å². The Kier molecular flexibility index (Phi) is 4.87. The predicted octanol–water partition coefficient (Wildman–Crippen LogP) is 1.54. The molecule has 0 atom stereocenters. The van der Waals surface area contributed by atoms with Crippen molar-refractivity contribution in [2.24, 2.45) is 0 Å². The fourth-order valence-corrected chi connectivity index (χ4v) is 2.64. The molecule has 1 N–H and O–H groups in total. The Balaban J connectivity index is 1.62. The smallest absolute Gasteiger partial charge is 0.259 e. The number of hydrogen-bond acceptors (Lipinski definition) is 5. The molecule has 8 heteroatoms. The maximum absolute atomic E-state index is 13.6. The molecule has 25 heavy (non-hydrogen) atoms. The summed E-state index contributed by atoms with van der Waals surface area (Å²) in [5.41, 5.74) is -0.0475. The third kappa shape index (κ3) is 3.90. The van der Waals surface area contributed by atoms with Crippen molar-refractivity contribution in [3.8, 4) is 0 Å². The van der Waals surface area contributed by atoms with Crippen molar-refractivity contribution >= 4 is 23.5 Å². The van der Waals surface area contributed by atoms with Crippen LogP contribution in [0.1, 0.15) is 17.3 Å². The second-order valence-electron chi connectivity index (χ2n) is 5.70. The Morgan fingerprint density at radius 3 is 2.36 bits per heavy atom. The van der Waals surface area contributed by atoms with Gasteiger partial charge < -0.3 is 15.1 Å². The molecular weight excluding hydrogens is 325 g/mol. The van der Waals surface area contributed by atoms with Crippen molar-refractivity contribution in [1.29, 1.82) is 0 Å². The molecule has 3 rings (SSSR count). The molecular formula is C17H18FN5O2. The van der Waals surface area contributed by atoms with Crippen molar-refractivity contribution in [1.82, 2.24) is 15.1 Å². The van der Waals surface area contributed by atoms with Gasteiger partial charge in [0.2, 0.25) is 5.91 Å². The molecule has 1 aliphatic heterocycles. The van der Waals surface area contributed by atoms with Crippen molar-refractivity contribution in [3.05, 3.63) is 47.8 Å². The van der Waals surface area contributed by atoms with Crippen LogP contribution in [-0.4, -0.2) is 53.1 Å². The highest BCUT2D eigenvalue weighted by Crippen LogP contribution is 2.15. The summed E-state index contributed by atoms with van der Waals surface area (Å²) in [5, 5.41) is 10.6. The van der Waals surface area contributed by atoms with E-state index >= 15 is 0 Å². The number of nitrogens with zero attached hydrogens (tertiary/aromatic N) is 4. The summed E-state index contributed by atoms with van der Waals surface area (Å²) >= 11 is 0. The van der Waals surface area contributed by atoms with E-state index in [1.54, 1.807) is 30.0 Å². The molecule has 0 unspecified atom stereocenters. The largest absolute Gasteiger partial charge is 0.352 e. The molecule has 0 radical (unpaired) electrons. The van der Waals surface area contributed by atoms with Gasteiger partial charge in [0.15, 0.2) is 11.6 Å². The predicted molar refractivity (Wildman–Crippen MR) is 90.9 cm³/mol. The van der Waals surface area contributed by atoms with Crippen LogP contribution in [0.5, 0.6) is 0 Å². The molecule has 2 amide bonds. The van der Waals surface area contributed by atoms with E-state index in [0.29, 0.717) is 32.0 Å². The average Bonchev–Trinajstić information content (AvgIpc) is 2.63. The molecule has 1 aromatic heterocycles. The molecule has 1 aliphatic rings. The number of anilines is 2. The van der Waals surface area contributed by atoms with Crippen LogP contribution in [0.15, 0.2) is 36.4 Å². The number of halogens is 1. The van der Waals surface area contributed by atoms with E-state index in [1.165, 1.54) is 18.2 Å². The second-order valence-corrected chi connectivity index (χ2v) is 5.70. The van der Waals surface area contributed by atoms with Gasteiger partial charge in [-0.15, -0.1) is 10.2 Å². The second kappa shape index (κ2) is 7.25. The highest BCUT2D eigenvalue weighted by molar-refractivity contribution is 6.03. The fourth-order valence-electron chi connectivity index (χ4n) is 2.64. The molecule has 1 saturated heterocycles. The molecule has 0 bridgehead atoms. The van der Waals surface area contributed by atoms with E-state index in [1.807, 2.05) is 4.90 Å². The van der Waals surface area contributed by atoms with E-state index < -0.39 is 11.7 Å². The zero-order chi connectivity index (χ0) is 17.8. The van der Waals surface area contributed by atoms with E-state index in [4.69, 9.17) is 0 Å². The van der Waals surface area contributed by atoms with Gasteiger partial charge in [-0.3, -0.25) is 9.59 Å². The molecule has 1 aromatic carbocycles. The number of hydrogen-bond donors (Lipinski definition) is 1. The Hall–Kier alpha value is -3.03. The number of nitrogens with one attached hydrogen (secondary N) is 1. The van der Waals surface area contributed by atoms with Crippen LogP contribution >= 0.6 is 0 Å². The van der Waals surface area contributed by atoms with Crippen molar-refractivity contribution in [2.45, 2.75) is 6.92 Å². The summed E-state index contributed by atoms with van der Waals surface area (Å²) in [6.45, 7) is 4.19. The first-order valence-electron chi connectivity index (χ1n) is 7.94. The first-order chi connectivity index (χ1) is 12.0. The van der Waals surface area contributed by atoms with Gasteiger partial charge in [-0.2, -0.15) is 0 Å². The number of benzene rings is 1. The van der Waals surface area contributed by atoms with Gasteiger partial charge in [-0.05, 0) is 24.3 Å². The fraction of sp³-hybridized carbons (Fsp3) is 0.294. The lowest BCUT2D eigenvalue weighted by atomic mass is 10.2. The summed E-state index contributed by atoms with van der Waals surface area (Å²) in [7, 11) is 0. The molecule has 0 saturated carbocycles. The monoisotopic (exact) mass is 343 g/mol. The topological polar surface area (TPSA) is 78.4 Å². The van der Waals surface area contributed by atoms with Crippen LogP contribution in [0.3, 0.4) is 0 Å². The molecule has 0 aliphatic carbocycles. The first-order valence-corrected chi connectivity index (χ1v) is 7.94. The van der Waals surface area contributed by atoms with Gasteiger partial charge in [-0.25, -0.2) is 4.39 Å². The minimum absolute atomic E-state index is 0.0475. The lowest BCUT2D eigenvalue weighted by Gasteiger charge is -2.34. The quantitative estimate of drug-likeness (QED) is 0.914. The van der Waals surface area contributed by atoms with E-state index in [9.17, 15) is 14.0 Å². The van der Waals surface area contributed by atoms with Crippen LogP contribution in [0.4, 0.5) is 16.0 Å². The lowest BCUT2D eigenvalue weighted by Crippen LogP contribution is -2.48. The summed E-state index contributed by atoms with van der Waals surface area (Å²) in [5.74, 6) is -0.174. The Morgan fingerprint density at radius 1 is 1.04 bits per heavy atom. The number of carbonyl (C=O) groups is 2. The van der Waals surface area contributed by atoms with Crippen molar-refractivity contribution < 1.29 is 14.0 Å². The third-order valence-electron chi connectivity index (χ3n) is 4.06. The van der Waals surface area contributed by atoms with Gasteiger partial charge in [0.05, 0.1) is 5.56 Å². The minimum Gasteiger partial charge on any atom is -0.352 e. The van der Waals surface area contributed by atoms with Crippen LogP contribution in [0.2, 0.25) is 0 Å². The molecule has 1 fully saturated rings. The highest BCUT2D eigenvalue weighted by Gasteiger charge is 2.20. The van der Waals surface area contributed by atoms with Crippen LogP contribution in [-0.2, 0) is 4.79 Å². The lowest BCUT2D eigenvalue weighted by molar-refractivity contribution is -0.129. The van der Waals surface area contributed by atoms with Crippen LogP contribution in [0.25, 0.3) is 0 Å². The van der Waals surface area contributed by atoms with Crippen LogP contribution in [0, 0.1) is 5.82 Å². The summed E-state index contributed by atoms with van der Waals surface area (Å²) in [6, 6.07) is 9.11. The molecule has 2 aromatic rings. The highest BCUT2D eigenvalue weighted by atomic mass is 19.1. The average molecular weight is 343 g/mol. The summed E-state index contributed by atoms with van der Waals surface area (Å²) < 4.78 is 13.6. The maximum Gasteiger partial charge on any atom is 0.259 e. The summed E-state index contributed by atoms with van der Waals surface area (Å²) in [4.78, 5) is 27.2. The van der Waals surface area contributed by atoms with Crippen LogP contribution < -0.4 is 10.2 Å². The maximum atomic E-state index is 13.6. The van der Waals surface area contributed by atoms with E-state index in [0.717, 1.165) is 0 Å². The molecule has 130 valence electrons. The summed E-state index contributed by atoms with van der Waals surface area (Å²) in [6.07, 6.45) is 0. The standard InChI is InChI=1S/C17H18FN5O2/c1-12(24)22-8-10-23(11-9-22)16-7-6-15(20-21-16)19-17(25)13-4-2-3-5-14(13)18/h2-7H,8-11H2,1H3,(H,19,20,25). The van der Waals surface area contributed by atoms with Gasteiger partial charge in [0.25, 0.3) is 5.91 Å². The van der Waals surface area contributed by atoms with Gasteiger partial charge in [0.1, 0.15) is 5.82 Å². The SMILES string of the molecule is CC(=O)N1CCN(c2ccc(NC(=O)c3ccccc3F)nn2)CC1. The zero-order valence-electron chi connectivity index (χ0n) is 13.8. The number of aromatic nitrogens is 2. The van der Waals surface area contributed by atoms with Crippen molar-refractivity contribution in [2.75, 3.05) is 36.4 Å². The third-order valence-corrected chi connectivity index (χ3v) is 4.06. The normalized spacial score (nSPS) is 14.3. The van der Waals surface area contributed by atoms with E-state index in [-0.39, 0.29) is 17.3 Å². The van der Waals surface area contributed by atoms with Gasteiger partial charge in [-0.1, -0.05) is 12.1 Å². The number of amides is 2. The number of piperazine rings is 1.